The number of rotatable bonds is 4. The Hall–Kier alpha value is -3.61. The molecule has 0 spiro atoms. The van der Waals surface area contributed by atoms with Crippen LogP contribution in [-0.4, -0.2) is 32.8 Å². The molecule has 0 aromatic heterocycles. The van der Waals surface area contributed by atoms with E-state index >= 15 is 0 Å². The lowest BCUT2D eigenvalue weighted by Crippen LogP contribution is -2.23. The number of esters is 1. The number of hydrogen-bond donors (Lipinski definition) is 1. The highest BCUT2D eigenvalue weighted by atomic mass is 32.2. The molecule has 1 aromatic rings. The van der Waals surface area contributed by atoms with Gasteiger partial charge < -0.3 is 10.1 Å². The van der Waals surface area contributed by atoms with Crippen LogP contribution in [-0.2, 0) is 14.4 Å². The third-order valence-electron chi connectivity index (χ3n) is 2.93. The maximum Gasteiger partial charge on any atom is 0.319 e. The van der Waals surface area contributed by atoms with Gasteiger partial charge in [-0.15, -0.1) is 0 Å². The van der Waals surface area contributed by atoms with Gasteiger partial charge in [-0.3, -0.25) is 34.6 Å². The number of nitro groups is 2. The van der Waals surface area contributed by atoms with Gasteiger partial charge in [-0.1, -0.05) is 0 Å². The second kappa shape index (κ2) is 7.74. The minimum Gasteiger partial charge on any atom is -0.419 e. The lowest BCUT2D eigenvalue weighted by molar-refractivity contribution is -0.394. The quantitative estimate of drug-likeness (QED) is 0.261. The highest BCUT2D eigenvalue weighted by molar-refractivity contribution is 8.18. The Morgan fingerprint density at radius 3 is 2.41 bits per heavy atom. The topological polar surface area (TPSA) is 171 Å². The molecule has 2 amide bonds. The van der Waals surface area contributed by atoms with Crippen LogP contribution in [0.4, 0.5) is 11.4 Å². The zero-order valence-corrected chi connectivity index (χ0v) is 14.6. The molecule has 2 rings (SSSR count). The van der Waals surface area contributed by atoms with Crippen LogP contribution in [0.2, 0.25) is 0 Å². The van der Waals surface area contributed by atoms with Crippen molar-refractivity contribution in [3.63, 3.8) is 0 Å². The van der Waals surface area contributed by atoms with Gasteiger partial charge in [0.15, 0.2) is 5.17 Å². The molecule has 1 N–H and O–H groups in total. The van der Waals surface area contributed by atoms with E-state index in [1.165, 1.54) is 6.92 Å². The maximum atomic E-state index is 11.9. The molecule has 12 nitrogen and oxygen atoms in total. The Labute approximate surface area is 154 Å². The summed E-state index contributed by atoms with van der Waals surface area (Å²) in [5, 5.41) is 24.6. The summed E-state index contributed by atoms with van der Waals surface area (Å²) >= 11 is 0.747. The van der Waals surface area contributed by atoms with Gasteiger partial charge in [0.1, 0.15) is 0 Å². The van der Waals surface area contributed by atoms with E-state index < -0.39 is 44.8 Å². The molecule has 0 radical (unpaired) electrons. The minimum absolute atomic E-state index is 0.0206. The second-order valence-electron chi connectivity index (χ2n) is 5.01. The number of ether oxygens (including phenoxy) is 1. The van der Waals surface area contributed by atoms with Gasteiger partial charge in [-0.25, -0.2) is 0 Å². The molecule has 1 heterocycles. The van der Waals surface area contributed by atoms with Crippen molar-refractivity contribution in [3.8, 4) is 5.75 Å². The van der Waals surface area contributed by atoms with Gasteiger partial charge >= 0.3 is 11.7 Å². The van der Waals surface area contributed by atoms with Crippen molar-refractivity contribution in [3.05, 3.63) is 42.8 Å². The smallest absolute Gasteiger partial charge is 0.319 e. The molecule has 13 heteroatoms. The monoisotopic (exact) mass is 394 g/mol. The van der Waals surface area contributed by atoms with Crippen molar-refractivity contribution in [2.24, 2.45) is 4.99 Å². The van der Waals surface area contributed by atoms with Crippen LogP contribution >= 0.6 is 11.8 Å². The first kappa shape index (κ1) is 19.7. The number of hydrogen-bond acceptors (Lipinski definition) is 9. The maximum absolute atomic E-state index is 11.9. The number of nitro benzene ring substituents is 2. The first-order valence-corrected chi connectivity index (χ1v) is 7.85. The normalized spacial score (nSPS) is 14.7. The number of nitrogens with one attached hydrogen (secondary N) is 1. The predicted molar refractivity (Wildman–Crippen MR) is 92.9 cm³/mol. The molecule has 0 saturated heterocycles. The van der Waals surface area contributed by atoms with E-state index in [-0.39, 0.29) is 15.6 Å². The van der Waals surface area contributed by atoms with E-state index in [1.807, 2.05) is 0 Å². The molecule has 1 aliphatic rings. The third-order valence-corrected chi connectivity index (χ3v) is 3.83. The van der Waals surface area contributed by atoms with Crippen molar-refractivity contribution in [2.45, 2.75) is 13.8 Å². The molecule has 0 saturated carbocycles. The second-order valence-corrected chi connectivity index (χ2v) is 6.04. The van der Waals surface area contributed by atoms with Crippen LogP contribution in [0.5, 0.6) is 5.75 Å². The summed E-state index contributed by atoms with van der Waals surface area (Å²) in [6.45, 7) is 2.20. The Bertz CT molecular complexity index is 953. The zero-order valence-electron chi connectivity index (χ0n) is 13.7. The number of amides is 2. The molecular weight excluding hydrogens is 384 g/mol. The Kier molecular flexibility index (Phi) is 5.65. The van der Waals surface area contributed by atoms with Gasteiger partial charge in [0, 0.05) is 25.5 Å². The van der Waals surface area contributed by atoms with Crippen LogP contribution < -0.4 is 10.1 Å². The van der Waals surface area contributed by atoms with E-state index in [9.17, 15) is 34.6 Å². The Morgan fingerprint density at radius 1 is 1.22 bits per heavy atom. The number of non-ortho nitro benzene ring substituents is 1. The van der Waals surface area contributed by atoms with Crippen molar-refractivity contribution in [1.29, 1.82) is 0 Å². The summed E-state index contributed by atoms with van der Waals surface area (Å²) in [6.07, 6.45) is 1.06. The van der Waals surface area contributed by atoms with Gasteiger partial charge in [0.05, 0.1) is 20.8 Å². The Morgan fingerprint density at radius 2 is 1.89 bits per heavy atom. The number of thioether (sulfide) groups is 1. The number of benzene rings is 1. The van der Waals surface area contributed by atoms with Gasteiger partial charge in [-0.2, -0.15) is 4.99 Å². The zero-order chi connectivity index (χ0) is 20.3. The predicted octanol–water partition coefficient (Wildman–Crippen LogP) is 1.53. The first-order valence-electron chi connectivity index (χ1n) is 7.04. The first-order chi connectivity index (χ1) is 12.6. The van der Waals surface area contributed by atoms with E-state index in [4.69, 9.17) is 4.74 Å². The molecule has 0 bridgehead atoms. The van der Waals surface area contributed by atoms with Crippen molar-refractivity contribution < 1.29 is 29.0 Å². The summed E-state index contributed by atoms with van der Waals surface area (Å²) < 4.78 is 4.83. The average Bonchev–Trinajstić information content (AvgIpc) is 2.86. The van der Waals surface area contributed by atoms with E-state index in [0.29, 0.717) is 6.07 Å². The van der Waals surface area contributed by atoms with E-state index in [2.05, 4.69) is 10.3 Å². The molecule has 1 aromatic carbocycles. The van der Waals surface area contributed by atoms with Gasteiger partial charge in [0.2, 0.25) is 11.7 Å². The molecule has 1 aliphatic heterocycles. The fourth-order valence-electron chi connectivity index (χ4n) is 1.98. The molecule has 0 unspecified atom stereocenters. The van der Waals surface area contributed by atoms with Crippen LogP contribution in [0.1, 0.15) is 19.4 Å². The molecule has 140 valence electrons. The lowest BCUT2D eigenvalue weighted by Gasteiger charge is -2.07. The van der Waals surface area contributed by atoms with Crippen LogP contribution in [0.15, 0.2) is 22.0 Å². The van der Waals surface area contributed by atoms with Crippen molar-refractivity contribution in [1.82, 2.24) is 5.32 Å². The summed E-state index contributed by atoms with van der Waals surface area (Å²) in [6, 6.07) is 1.56. The third kappa shape index (κ3) is 4.72. The van der Waals surface area contributed by atoms with Gasteiger partial charge in [0.25, 0.3) is 11.6 Å². The number of aliphatic imine (C=N–C) groups is 1. The van der Waals surface area contributed by atoms with Crippen LogP contribution in [0.25, 0.3) is 6.08 Å². The van der Waals surface area contributed by atoms with Gasteiger partial charge in [-0.05, 0) is 17.8 Å². The number of amidine groups is 1. The Balaban J connectivity index is 2.59. The highest BCUT2D eigenvalue weighted by Crippen LogP contribution is 2.38. The molecule has 0 aliphatic carbocycles. The highest BCUT2D eigenvalue weighted by Gasteiger charge is 2.28. The molecular formula is C14H10N4O8S. The van der Waals surface area contributed by atoms with Crippen LogP contribution in [0.3, 0.4) is 0 Å². The van der Waals surface area contributed by atoms with Crippen molar-refractivity contribution >= 4 is 52.2 Å². The summed E-state index contributed by atoms with van der Waals surface area (Å²) in [5.41, 5.74) is -1.69. The lowest BCUT2D eigenvalue weighted by atomic mass is 10.1. The molecule has 0 atom stereocenters. The summed E-state index contributed by atoms with van der Waals surface area (Å²) in [5.74, 6) is -2.69. The standard InChI is InChI=1S/C14H10N4O8S/c1-6(19)15-14-16-13(21)11(27-14)4-8-3-9(17(22)23)5-10(18(24)25)12(8)26-7(2)20/h3-5H,1-2H3,(H,15,16,19,21)/b11-4-. The molecule has 0 fully saturated rings. The number of carbonyl (C=O) groups excluding carboxylic acids is 3. The van der Waals surface area contributed by atoms with Crippen LogP contribution in [0, 0.1) is 20.2 Å². The fraction of sp³-hybridized carbons (Fsp3) is 0.143. The SMILES string of the molecule is CC(=O)NC1=NC(=O)/C(=C/c2cc([N+](=O)[O-])cc([N+](=O)[O-])c2OC(C)=O)S1. The molecule has 27 heavy (non-hydrogen) atoms. The number of nitrogens with zero attached hydrogens (tertiary/aromatic N) is 3. The fourth-order valence-corrected chi connectivity index (χ4v) is 2.83. The average molecular weight is 394 g/mol. The van der Waals surface area contributed by atoms with Crippen molar-refractivity contribution in [2.75, 3.05) is 0 Å². The summed E-state index contributed by atoms with van der Waals surface area (Å²) in [7, 11) is 0. The van der Waals surface area contributed by atoms with E-state index in [0.717, 1.165) is 30.8 Å². The summed E-state index contributed by atoms with van der Waals surface area (Å²) in [4.78, 5) is 58.2. The number of carbonyl (C=O) groups is 3. The minimum atomic E-state index is -0.948. The largest absolute Gasteiger partial charge is 0.419 e. The van der Waals surface area contributed by atoms with E-state index in [1.54, 1.807) is 0 Å².